The van der Waals surface area contributed by atoms with Crippen molar-refractivity contribution in [1.82, 2.24) is 9.13 Å². The van der Waals surface area contributed by atoms with Crippen molar-refractivity contribution in [2.75, 3.05) is 0 Å². The van der Waals surface area contributed by atoms with Crippen LogP contribution in [0.1, 0.15) is 16.1 Å². The first-order valence-corrected chi connectivity index (χ1v) is 6.14. The summed E-state index contributed by atoms with van der Waals surface area (Å²) in [6.07, 6.45) is 0. The topological polar surface area (TPSA) is 81.3 Å². The predicted octanol–water partition coefficient (Wildman–Crippen LogP) is 1.34. The first-order chi connectivity index (χ1) is 9.73. The molecule has 0 spiro atoms. The van der Waals surface area contributed by atoms with Gasteiger partial charge in [-0.1, -0.05) is 11.6 Å². The van der Waals surface area contributed by atoms with Gasteiger partial charge in [-0.05, 0) is 19.1 Å². The molecule has 0 saturated heterocycles. The van der Waals surface area contributed by atoms with E-state index in [1.54, 1.807) is 6.92 Å². The fourth-order valence-electron chi connectivity index (χ4n) is 1.83. The van der Waals surface area contributed by atoms with Gasteiger partial charge >= 0.3 is 11.7 Å². The molecule has 0 amide bonds. The molecule has 1 heterocycles. The van der Waals surface area contributed by atoms with Gasteiger partial charge in [0.25, 0.3) is 5.56 Å². The van der Waals surface area contributed by atoms with Crippen molar-refractivity contribution in [1.29, 1.82) is 0 Å². The van der Waals surface area contributed by atoms with Gasteiger partial charge in [-0.15, -0.1) is 0 Å². The number of carboxylic acid groups (broad SMARTS) is 1. The smallest absolute Gasteiger partial charge is 0.337 e. The Morgan fingerprint density at radius 1 is 1.29 bits per heavy atom. The third-order valence-corrected chi connectivity index (χ3v) is 3.38. The standard InChI is InChI=1S/C13H10ClFN2O4/c1-6-3-11(18)17(13(21)16(6)2)10-4-7(12(19)20)8(14)5-9(10)15/h3-5H,1-2H3,(H,19,20). The maximum absolute atomic E-state index is 14.0. The van der Waals surface area contributed by atoms with Gasteiger partial charge in [0.2, 0.25) is 0 Å². The molecule has 2 rings (SSSR count). The Bertz CT molecular complexity index is 870. The second kappa shape index (κ2) is 5.17. The van der Waals surface area contributed by atoms with Crippen LogP contribution in [0.2, 0.25) is 5.02 Å². The lowest BCUT2D eigenvalue weighted by atomic mass is 10.2. The summed E-state index contributed by atoms with van der Waals surface area (Å²) in [5.41, 5.74) is -2.00. The number of benzene rings is 1. The number of hydrogen-bond donors (Lipinski definition) is 1. The van der Waals surface area contributed by atoms with Gasteiger partial charge in [0.05, 0.1) is 16.3 Å². The summed E-state index contributed by atoms with van der Waals surface area (Å²) >= 11 is 5.63. The molecule has 8 heteroatoms. The number of rotatable bonds is 2. The molecule has 0 atom stereocenters. The van der Waals surface area contributed by atoms with Crippen molar-refractivity contribution in [3.05, 3.63) is 61.1 Å². The fourth-order valence-corrected chi connectivity index (χ4v) is 2.06. The van der Waals surface area contributed by atoms with Crippen molar-refractivity contribution < 1.29 is 14.3 Å². The van der Waals surface area contributed by atoms with Crippen LogP contribution in [-0.2, 0) is 7.05 Å². The molecule has 0 fully saturated rings. The summed E-state index contributed by atoms with van der Waals surface area (Å²) < 4.78 is 15.7. The van der Waals surface area contributed by atoms with Crippen LogP contribution in [0.25, 0.3) is 5.69 Å². The van der Waals surface area contributed by atoms with Gasteiger partial charge in [-0.3, -0.25) is 4.79 Å². The highest BCUT2D eigenvalue weighted by Crippen LogP contribution is 2.22. The average molecular weight is 313 g/mol. The molecule has 0 saturated carbocycles. The van der Waals surface area contributed by atoms with Crippen LogP contribution >= 0.6 is 11.6 Å². The number of carbonyl (C=O) groups is 1. The SMILES string of the molecule is Cc1cc(=O)n(-c2cc(C(=O)O)c(Cl)cc2F)c(=O)n1C. The summed E-state index contributed by atoms with van der Waals surface area (Å²) in [4.78, 5) is 35.1. The van der Waals surface area contributed by atoms with Crippen molar-refractivity contribution in [2.45, 2.75) is 6.92 Å². The van der Waals surface area contributed by atoms with Crippen LogP contribution < -0.4 is 11.2 Å². The molecular formula is C13H10ClFN2O4. The van der Waals surface area contributed by atoms with E-state index in [1.807, 2.05) is 0 Å². The monoisotopic (exact) mass is 312 g/mol. The number of aromatic nitrogens is 2. The Balaban J connectivity index is 2.89. The first-order valence-electron chi connectivity index (χ1n) is 5.76. The highest BCUT2D eigenvalue weighted by Gasteiger charge is 2.18. The normalized spacial score (nSPS) is 10.7. The van der Waals surface area contributed by atoms with Gasteiger partial charge in [-0.2, -0.15) is 0 Å². The lowest BCUT2D eigenvalue weighted by molar-refractivity contribution is 0.0697. The Labute approximate surface area is 122 Å². The van der Waals surface area contributed by atoms with Gasteiger partial charge < -0.3 is 9.67 Å². The number of hydrogen-bond acceptors (Lipinski definition) is 3. The maximum Gasteiger partial charge on any atom is 0.337 e. The summed E-state index contributed by atoms with van der Waals surface area (Å²) in [7, 11) is 1.42. The predicted molar refractivity (Wildman–Crippen MR) is 73.9 cm³/mol. The highest BCUT2D eigenvalue weighted by atomic mass is 35.5. The quantitative estimate of drug-likeness (QED) is 0.907. The Morgan fingerprint density at radius 2 is 1.90 bits per heavy atom. The minimum absolute atomic E-state index is 0.319. The van der Waals surface area contributed by atoms with E-state index in [1.165, 1.54) is 7.05 Å². The number of aromatic carboxylic acids is 1. The van der Waals surface area contributed by atoms with Gasteiger partial charge in [0, 0.05) is 18.8 Å². The fraction of sp³-hybridized carbons (Fsp3) is 0.154. The van der Waals surface area contributed by atoms with Crippen LogP contribution in [-0.4, -0.2) is 20.2 Å². The molecule has 0 radical (unpaired) electrons. The van der Waals surface area contributed by atoms with E-state index >= 15 is 0 Å². The lowest BCUT2D eigenvalue weighted by Gasteiger charge is -2.11. The van der Waals surface area contributed by atoms with Gasteiger partial charge in [0.1, 0.15) is 5.82 Å². The minimum Gasteiger partial charge on any atom is -0.478 e. The van der Waals surface area contributed by atoms with E-state index in [0.717, 1.165) is 22.8 Å². The molecule has 0 aliphatic carbocycles. The largest absolute Gasteiger partial charge is 0.478 e. The zero-order valence-electron chi connectivity index (χ0n) is 11.1. The number of carboxylic acids is 1. The van der Waals surface area contributed by atoms with Crippen LogP contribution in [0.3, 0.4) is 0 Å². The Morgan fingerprint density at radius 3 is 2.48 bits per heavy atom. The molecule has 0 aliphatic heterocycles. The van der Waals surface area contributed by atoms with Gasteiger partial charge in [0.15, 0.2) is 0 Å². The van der Waals surface area contributed by atoms with E-state index in [-0.39, 0.29) is 5.02 Å². The van der Waals surface area contributed by atoms with E-state index in [0.29, 0.717) is 10.3 Å². The zero-order valence-corrected chi connectivity index (χ0v) is 11.8. The summed E-state index contributed by atoms with van der Waals surface area (Å²) in [6.45, 7) is 1.55. The van der Waals surface area contributed by atoms with Gasteiger partial charge in [-0.25, -0.2) is 18.5 Å². The average Bonchev–Trinajstić information content (AvgIpc) is 2.38. The maximum atomic E-state index is 14.0. The number of halogens is 2. The molecule has 110 valence electrons. The molecule has 0 unspecified atom stereocenters. The van der Waals surface area contributed by atoms with Crippen LogP contribution in [0.4, 0.5) is 4.39 Å². The minimum atomic E-state index is -1.39. The Hall–Kier alpha value is -2.41. The number of nitrogens with zero attached hydrogens (tertiary/aromatic N) is 2. The van der Waals surface area contributed by atoms with Crippen LogP contribution in [0.15, 0.2) is 27.8 Å². The highest BCUT2D eigenvalue weighted by molar-refractivity contribution is 6.33. The Kier molecular flexibility index (Phi) is 3.69. The van der Waals surface area contributed by atoms with E-state index in [9.17, 15) is 18.8 Å². The van der Waals surface area contributed by atoms with Crippen LogP contribution in [0.5, 0.6) is 0 Å². The summed E-state index contributed by atoms with van der Waals surface area (Å²) in [6, 6.07) is 2.76. The molecule has 21 heavy (non-hydrogen) atoms. The molecule has 1 N–H and O–H groups in total. The third kappa shape index (κ3) is 2.47. The van der Waals surface area contributed by atoms with Crippen molar-refractivity contribution in [3.8, 4) is 5.69 Å². The van der Waals surface area contributed by atoms with E-state index in [2.05, 4.69) is 0 Å². The second-order valence-corrected chi connectivity index (χ2v) is 4.80. The summed E-state index contributed by atoms with van der Waals surface area (Å²) in [5, 5.41) is 8.67. The molecule has 2 aromatic rings. The summed E-state index contributed by atoms with van der Waals surface area (Å²) in [5.74, 6) is -2.36. The molecule has 1 aromatic heterocycles. The molecule has 0 aliphatic rings. The van der Waals surface area contributed by atoms with Crippen molar-refractivity contribution >= 4 is 17.6 Å². The first kappa shape index (κ1) is 15.0. The third-order valence-electron chi connectivity index (χ3n) is 3.07. The van der Waals surface area contributed by atoms with Crippen molar-refractivity contribution in [3.63, 3.8) is 0 Å². The lowest BCUT2D eigenvalue weighted by Crippen LogP contribution is -2.38. The molecule has 6 nitrogen and oxygen atoms in total. The molecular weight excluding hydrogens is 303 g/mol. The molecule has 0 bridgehead atoms. The van der Waals surface area contributed by atoms with Crippen molar-refractivity contribution in [2.24, 2.45) is 7.05 Å². The van der Waals surface area contributed by atoms with Crippen LogP contribution in [0, 0.1) is 12.7 Å². The zero-order chi connectivity index (χ0) is 15.9. The molecule has 1 aromatic carbocycles. The van der Waals surface area contributed by atoms with E-state index in [4.69, 9.17) is 16.7 Å². The van der Waals surface area contributed by atoms with E-state index < -0.39 is 34.3 Å². The second-order valence-electron chi connectivity index (χ2n) is 4.39. The number of aryl methyl sites for hydroxylation is 1.